The highest BCUT2D eigenvalue weighted by Crippen LogP contribution is 2.31. The molecular weight excluding hydrogens is 376 g/mol. The van der Waals surface area contributed by atoms with Crippen molar-refractivity contribution in [2.45, 2.75) is 19.9 Å². The van der Waals surface area contributed by atoms with E-state index in [0.717, 1.165) is 28.4 Å². The summed E-state index contributed by atoms with van der Waals surface area (Å²) in [6, 6.07) is 7.35. The molecule has 9 heteroatoms. The van der Waals surface area contributed by atoms with Crippen molar-refractivity contribution in [2.24, 2.45) is 0 Å². The topological polar surface area (TPSA) is 94.9 Å². The maximum atomic E-state index is 12.7. The second-order valence-electron chi connectivity index (χ2n) is 6.72. The molecule has 2 heterocycles. The molecule has 1 unspecified atom stereocenters. The third kappa shape index (κ3) is 4.34. The average molecular weight is 402 g/mol. The van der Waals surface area contributed by atoms with Crippen molar-refractivity contribution in [2.75, 3.05) is 40.5 Å². The first-order chi connectivity index (χ1) is 14.0. The smallest absolute Gasteiger partial charge is 0.407 e. The molecule has 2 amide bonds. The fraction of sp³-hybridized carbons (Fsp3) is 0.450. The molecule has 0 radical (unpaired) electrons. The molecule has 1 N–H and O–H groups in total. The van der Waals surface area contributed by atoms with Gasteiger partial charge in [0.1, 0.15) is 12.3 Å². The Morgan fingerprint density at radius 3 is 2.83 bits per heavy atom. The van der Waals surface area contributed by atoms with E-state index in [2.05, 4.69) is 10.1 Å². The number of rotatable bonds is 5. The van der Waals surface area contributed by atoms with Crippen LogP contribution in [0, 0.1) is 13.8 Å². The summed E-state index contributed by atoms with van der Waals surface area (Å²) in [6.07, 6.45) is -0.638. The van der Waals surface area contributed by atoms with Gasteiger partial charge in [0, 0.05) is 23.9 Å². The molecule has 9 nitrogen and oxygen atoms in total. The minimum absolute atomic E-state index is 0.134. The van der Waals surface area contributed by atoms with Crippen LogP contribution in [0.2, 0.25) is 0 Å². The standard InChI is InChI=1S/C20H26N4O5/c1-13-19(14(2)24(22-13)15-6-5-7-16(10-15)27-3)17-12-29-9-8-23(17)18(25)11-21-20(26)28-4/h5-7,10,17H,8-9,11-12H2,1-4H3,(H,21,26). The van der Waals surface area contributed by atoms with Crippen LogP contribution < -0.4 is 10.1 Å². The summed E-state index contributed by atoms with van der Waals surface area (Å²) in [5.74, 6) is 0.542. The number of hydrogen-bond acceptors (Lipinski definition) is 6. The van der Waals surface area contributed by atoms with Crippen molar-refractivity contribution in [1.82, 2.24) is 20.0 Å². The third-order valence-electron chi connectivity index (χ3n) is 5.00. The molecule has 29 heavy (non-hydrogen) atoms. The van der Waals surface area contributed by atoms with Crippen molar-refractivity contribution in [3.05, 3.63) is 41.2 Å². The first kappa shape index (κ1) is 20.7. The summed E-state index contributed by atoms with van der Waals surface area (Å²) in [5.41, 5.74) is 3.56. The number of ether oxygens (including phenoxy) is 3. The number of carbonyl (C=O) groups excluding carboxylic acids is 2. The second-order valence-corrected chi connectivity index (χ2v) is 6.72. The molecule has 156 valence electrons. The molecular formula is C20H26N4O5. The Morgan fingerprint density at radius 2 is 2.10 bits per heavy atom. The van der Waals surface area contributed by atoms with Crippen LogP contribution in [-0.2, 0) is 14.3 Å². The number of aryl methyl sites for hydroxylation is 1. The number of carbonyl (C=O) groups is 2. The predicted molar refractivity (Wildman–Crippen MR) is 105 cm³/mol. The van der Waals surface area contributed by atoms with Gasteiger partial charge in [-0.25, -0.2) is 9.48 Å². The molecule has 1 aliphatic heterocycles. The summed E-state index contributed by atoms with van der Waals surface area (Å²) in [5, 5.41) is 7.14. The first-order valence-corrected chi connectivity index (χ1v) is 9.35. The molecule has 0 aliphatic carbocycles. The van der Waals surface area contributed by atoms with Gasteiger partial charge in [-0.2, -0.15) is 5.10 Å². The van der Waals surface area contributed by atoms with Crippen LogP contribution in [0.25, 0.3) is 5.69 Å². The Labute approximate surface area is 169 Å². The van der Waals surface area contributed by atoms with Crippen LogP contribution in [0.1, 0.15) is 23.0 Å². The molecule has 1 aliphatic rings. The molecule has 1 aromatic carbocycles. The van der Waals surface area contributed by atoms with Gasteiger partial charge in [0.05, 0.1) is 44.9 Å². The van der Waals surface area contributed by atoms with E-state index in [1.165, 1.54) is 7.11 Å². The van der Waals surface area contributed by atoms with Crippen LogP contribution in [0.5, 0.6) is 5.75 Å². The molecule has 1 aromatic heterocycles. The summed E-state index contributed by atoms with van der Waals surface area (Å²) in [6.45, 7) is 5.01. The van der Waals surface area contributed by atoms with Gasteiger partial charge in [-0.05, 0) is 26.0 Å². The zero-order valence-corrected chi connectivity index (χ0v) is 17.1. The molecule has 1 saturated heterocycles. The van der Waals surface area contributed by atoms with E-state index < -0.39 is 6.09 Å². The number of aromatic nitrogens is 2. The summed E-state index contributed by atoms with van der Waals surface area (Å²) < 4.78 is 17.4. The Morgan fingerprint density at radius 1 is 1.31 bits per heavy atom. The highest BCUT2D eigenvalue weighted by atomic mass is 16.5. The van der Waals surface area contributed by atoms with Crippen LogP contribution >= 0.6 is 0 Å². The fourth-order valence-electron chi connectivity index (χ4n) is 3.59. The van der Waals surface area contributed by atoms with Crippen molar-refractivity contribution in [1.29, 1.82) is 0 Å². The van der Waals surface area contributed by atoms with Gasteiger partial charge in [-0.15, -0.1) is 0 Å². The fourth-order valence-corrected chi connectivity index (χ4v) is 3.59. The van der Waals surface area contributed by atoms with Crippen LogP contribution in [-0.4, -0.2) is 67.2 Å². The number of methoxy groups -OCH3 is 2. The molecule has 3 rings (SSSR count). The Kier molecular flexibility index (Phi) is 6.38. The number of alkyl carbamates (subject to hydrolysis) is 1. The van der Waals surface area contributed by atoms with Crippen molar-refractivity contribution in [3.8, 4) is 11.4 Å². The van der Waals surface area contributed by atoms with Crippen LogP contribution in [0.15, 0.2) is 24.3 Å². The zero-order valence-electron chi connectivity index (χ0n) is 17.1. The molecule has 1 fully saturated rings. The van der Waals surface area contributed by atoms with E-state index in [1.54, 1.807) is 12.0 Å². The zero-order chi connectivity index (χ0) is 21.0. The van der Waals surface area contributed by atoms with Crippen LogP contribution in [0.3, 0.4) is 0 Å². The molecule has 0 spiro atoms. The lowest BCUT2D eigenvalue weighted by Gasteiger charge is -2.36. The number of morpholine rings is 1. The molecule has 1 atom stereocenters. The largest absolute Gasteiger partial charge is 0.497 e. The minimum Gasteiger partial charge on any atom is -0.497 e. The summed E-state index contributed by atoms with van der Waals surface area (Å²) in [4.78, 5) is 25.8. The van der Waals surface area contributed by atoms with E-state index in [4.69, 9.17) is 14.6 Å². The van der Waals surface area contributed by atoms with Crippen molar-refractivity contribution in [3.63, 3.8) is 0 Å². The maximum absolute atomic E-state index is 12.7. The number of hydrogen-bond donors (Lipinski definition) is 1. The monoisotopic (exact) mass is 402 g/mol. The number of nitrogens with zero attached hydrogens (tertiary/aromatic N) is 3. The van der Waals surface area contributed by atoms with E-state index >= 15 is 0 Å². The van der Waals surface area contributed by atoms with Gasteiger partial charge >= 0.3 is 6.09 Å². The quantitative estimate of drug-likeness (QED) is 0.819. The molecule has 2 aromatic rings. The summed E-state index contributed by atoms with van der Waals surface area (Å²) >= 11 is 0. The normalized spacial score (nSPS) is 16.4. The first-order valence-electron chi connectivity index (χ1n) is 9.35. The molecule has 0 bridgehead atoms. The maximum Gasteiger partial charge on any atom is 0.407 e. The van der Waals surface area contributed by atoms with Gasteiger partial charge in [-0.3, -0.25) is 4.79 Å². The van der Waals surface area contributed by atoms with Gasteiger partial charge in [0.15, 0.2) is 0 Å². The lowest BCUT2D eigenvalue weighted by atomic mass is 10.0. The van der Waals surface area contributed by atoms with Crippen molar-refractivity contribution < 1.29 is 23.8 Å². The molecule has 0 saturated carbocycles. The number of amides is 2. The highest BCUT2D eigenvalue weighted by molar-refractivity contribution is 5.82. The Bertz CT molecular complexity index is 895. The van der Waals surface area contributed by atoms with Crippen molar-refractivity contribution >= 4 is 12.0 Å². The summed E-state index contributed by atoms with van der Waals surface area (Å²) in [7, 11) is 2.88. The van der Waals surface area contributed by atoms with Crippen LogP contribution in [0.4, 0.5) is 4.79 Å². The number of benzene rings is 1. The Balaban J connectivity index is 1.90. The lowest BCUT2D eigenvalue weighted by Crippen LogP contribution is -2.47. The van der Waals surface area contributed by atoms with Gasteiger partial charge in [0.25, 0.3) is 0 Å². The predicted octanol–water partition coefficient (Wildman–Crippen LogP) is 1.75. The van der Waals surface area contributed by atoms with E-state index in [-0.39, 0.29) is 18.5 Å². The van der Waals surface area contributed by atoms with E-state index in [1.807, 2.05) is 42.8 Å². The van der Waals surface area contributed by atoms with Gasteiger partial charge in [0.2, 0.25) is 5.91 Å². The SMILES string of the molecule is COC(=O)NCC(=O)N1CCOCC1c1c(C)nn(-c2cccc(OC)c2)c1C. The number of nitrogens with one attached hydrogen (secondary N) is 1. The van der Waals surface area contributed by atoms with E-state index in [0.29, 0.717) is 19.8 Å². The Hall–Kier alpha value is -3.07. The van der Waals surface area contributed by atoms with Gasteiger partial charge in [-0.1, -0.05) is 6.07 Å². The highest BCUT2D eigenvalue weighted by Gasteiger charge is 2.33. The van der Waals surface area contributed by atoms with E-state index in [9.17, 15) is 9.59 Å². The lowest BCUT2D eigenvalue weighted by molar-refractivity contribution is -0.139. The average Bonchev–Trinajstić information content (AvgIpc) is 3.05. The minimum atomic E-state index is -0.638. The third-order valence-corrected chi connectivity index (χ3v) is 5.00. The second kappa shape index (κ2) is 8.95. The van der Waals surface area contributed by atoms with Gasteiger partial charge < -0.3 is 24.4 Å².